The van der Waals surface area contributed by atoms with Gasteiger partial charge in [-0.25, -0.2) is 0 Å². The molecule has 5 nitrogen and oxygen atoms in total. The molecule has 0 bridgehead atoms. The zero-order valence-electron chi connectivity index (χ0n) is 8.60. The molecule has 1 saturated heterocycles. The minimum atomic E-state index is -0.154. The van der Waals surface area contributed by atoms with Crippen molar-refractivity contribution in [2.45, 2.75) is 31.8 Å². The number of hydrogen-bond acceptors (Lipinski definition) is 5. The number of nitrogens with zero attached hydrogens (tertiary/aromatic N) is 3. The molecule has 1 aliphatic rings. The predicted octanol–water partition coefficient (Wildman–Crippen LogP) is 0.856. The summed E-state index contributed by atoms with van der Waals surface area (Å²) in [6, 6.07) is 0.134. The summed E-state index contributed by atoms with van der Waals surface area (Å²) in [4.78, 5) is 6.53. The Kier molecular flexibility index (Phi) is 2.52. The Morgan fingerprint density at radius 1 is 1.64 bits per heavy atom. The average Bonchev–Trinajstić information content (AvgIpc) is 2.71. The third-order valence-electron chi connectivity index (χ3n) is 2.67. The normalized spacial score (nSPS) is 25.5. The molecule has 0 spiro atoms. The Morgan fingerprint density at radius 2 is 2.43 bits per heavy atom. The first-order valence-corrected chi connectivity index (χ1v) is 4.98. The van der Waals surface area contributed by atoms with Crippen LogP contribution in [0.5, 0.6) is 0 Å². The van der Waals surface area contributed by atoms with Gasteiger partial charge in [0.05, 0.1) is 12.1 Å². The third kappa shape index (κ3) is 1.65. The van der Waals surface area contributed by atoms with Crippen LogP contribution in [-0.4, -0.2) is 28.6 Å². The standard InChI is InChI=1S/C9H16N4O/c1-6(10)8-11-9(14-12-8)7-4-3-5-13(7)2/h6-7H,3-5,10H2,1-2H3. The van der Waals surface area contributed by atoms with Gasteiger partial charge in [-0.05, 0) is 33.4 Å². The van der Waals surface area contributed by atoms with E-state index in [-0.39, 0.29) is 12.1 Å². The van der Waals surface area contributed by atoms with Crippen LogP contribution in [0, 0.1) is 0 Å². The summed E-state index contributed by atoms with van der Waals surface area (Å²) in [6.07, 6.45) is 2.29. The maximum absolute atomic E-state index is 5.66. The van der Waals surface area contributed by atoms with Crippen molar-refractivity contribution < 1.29 is 4.52 Å². The van der Waals surface area contributed by atoms with Gasteiger partial charge in [-0.2, -0.15) is 4.98 Å². The summed E-state index contributed by atoms with van der Waals surface area (Å²) in [5, 5.41) is 3.86. The van der Waals surface area contributed by atoms with Crippen LogP contribution in [-0.2, 0) is 0 Å². The van der Waals surface area contributed by atoms with E-state index < -0.39 is 0 Å². The maximum Gasteiger partial charge on any atom is 0.244 e. The van der Waals surface area contributed by atoms with Gasteiger partial charge in [-0.1, -0.05) is 5.16 Å². The molecule has 1 aliphatic heterocycles. The first-order valence-electron chi connectivity index (χ1n) is 4.98. The highest BCUT2D eigenvalue weighted by atomic mass is 16.5. The first-order chi connectivity index (χ1) is 6.68. The molecule has 5 heteroatoms. The highest BCUT2D eigenvalue weighted by molar-refractivity contribution is 4.98. The topological polar surface area (TPSA) is 68.2 Å². The Hall–Kier alpha value is -0.940. The zero-order valence-corrected chi connectivity index (χ0v) is 8.60. The van der Waals surface area contributed by atoms with Crippen LogP contribution in [0.3, 0.4) is 0 Å². The second-order valence-electron chi connectivity index (χ2n) is 3.92. The van der Waals surface area contributed by atoms with Gasteiger partial charge >= 0.3 is 0 Å². The lowest BCUT2D eigenvalue weighted by Gasteiger charge is -2.14. The van der Waals surface area contributed by atoms with Crippen molar-refractivity contribution in [2.24, 2.45) is 5.73 Å². The molecule has 0 aromatic carbocycles. The average molecular weight is 196 g/mol. The van der Waals surface area contributed by atoms with Crippen LogP contribution in [0.4, 0.5) is 0 Å². The minimum absolute atomic E-state index is 0.154. The summed E-state index contributed by atoms with van der Waals surface area (Å²) in [5.74, 6) is 1.30. The van der Waals surface area contributed by atoms with E-state index in [1.54, 1.807) is 0 Å². The lowest BCUT2D eigenvalue weighted by Crippen LogP contribution is -2.18. The molecule has 0 saturated carbocycles. The first kappa shape index (κ1) is 9.61. The van der Waals surface area contributed by atoms with Crippen molar-refractivity contribution in [3.8, 4) is 0 Å². The van der Waals surface area contributed by atoms with Crippen LogP contribution in [0.25, 0.3) is 0 Å². The van der Waals surface area contributed by atoms with Crippen molar-refractivity contribution >= 4 is 0 Å². The number of likely N-dealkylation sites (tertiary alicyclic amines) is 1. The second kappa shape index (κ2) is 3.67. The molecule has 1 aromatic rings. The van der Waals surface area contributed by atoms with Crippen molar-refractivity contribution in [3.05, 3.63) is 11.7 Å². The zero-order chi connectivity index (χ0) is 10.1. The van der Waals surface area contributed by atoms with Gasteiger partial charge in [0.15, 0.2) is 5.82 Å². The summed E-state index contributed by atoms with van der Waals surface area (Å²) < 4.78 is 5.20. The van der Waals surface area contributed by atoms with Crippen LogP contribution < -0.4 is 5.73 Å². The number of nitrogens with two attached hydrogens (primary N) is 1. The SMILES string of the molecule is CC(N)c1noc(C2CCCN2C)n1. The molecular formula is C9H16N4O. The molecule has 0 aliphatic carbocycles. The van der Waals surface area contributed by atoms with Gasteiger partial charge in [-0.15, -0.1) is 0 Å². The van der Waals surface area contributed by atoms with E-state index in [9.17, 15) is 0 Å². The summed E-state index contributed by atoms with van der Waals surface area (Å²) in [5.41, 5.74) is 5.66. The highest BCUT2D eigenvalue weighted by Crippen LogP contribution is 2.29. The summed E-state index contributed by atoms with van der Waals surface area (Å²) in [6.45, 7) is 2.95. The van der Waals surface area contributed by atoms with E-state index in [1.807, 2.05) is 6.92 Å². The number of rotatable bonds is 2. The van der Waals surface area contributed by atoms with Crippen LogP contribution in [0.2, 0.25) is 0 Å². The van der Waals surface area contributed by atoms with E-state index in [2.05, 4.69) is 22.1 Å². The van der Waals surface area contributed by atoms with Gasteiger partial charge in [0.1, 0.15) is 0 Å². The molecule has 78 valence electrons. The fourth-order valence-corrected chi connectivity index (χ4v) is 1.79. The molecule has 2 rings (SSSR count). The lowest BCUT2D eigenvalue weighted by atomic mass is 10.2. The predicted molar refractivity (Wildman–Crippen MR) is 51.5 cm³/mol. The molecule has 2 heterocycles. The molecule has 0 amide bonds. The molecule has 2 unspecified atom stereocenters. The second-order valence-corrected chi connectivity index (χ2v) is 3.92. The molecule has 0 radical (unpaired) electrons. The van der Waals surface area contributed by atoms with E-state index in [0.29, 0.717) is 11.7 Å². The Balaban J connectivity index is 2.16. The van der Waals surface area contributed by atoms with Crippen molar-refractivity contribution in [1.82, 2.24) is 15.0 Å². The molecule has 1 fully saturated rings. The van der Waals surface area contributed by atoms with Crippen molar-refractivity contribution in [2.75, 3.05) is 13.6 Å². The van der Waals surface area contributed by atoms with Crippen molar-refractivity contribution in [3.63, 3.8) is 0 Å². The summed E-state index contributed by atoms with van der Waals surface area (Å²) >= 11 is 0. The Labute approximate surface area is 83.3 Å². The van der Waals surface area contributed by atoms with E-state index in [1.165, 1.54) is 6.42 Å². The third-order valence-corrected chi connectivity index (χ3v) is 2.67. The molecule has 2 N–H and O–H groups in total. The minimum Gasteiger partial charge on any atom is -0.338 e. The van der Waals surface area contributed by atoms with E-state index >= 15 is 0 Å². The van der Waals surface area contributed by atoms with Gasteiger partial charge in [0, 0.05) is 0 Å². The van der Waals surface area contributed by atoms with E-state index in [0.717, 1.165) is 13.0 Å². The quantitative estimate of drug-likeness (QED) is 0.759. The van der Waals surface area contributed by atoms with E-state index in [4.69, 9.17) is 10.3 Å². The monoisotopic (exact) mass is 196 g/mol. The highest BCUT2D eigenvalue weighted by Gasteiger charge is 2.28. The fraction of sp³-hybridized carbons (Fsp3) is 0.778. The molecule has 14 heavy (non-hydrogen) atoms. The Bertz CT molecular complexity index is 310. The maximum atomic E-state index is 5.66. The van der Waals surface area contributed by atoms with Crippen LogP contribution in [0.1, 0.15) is 43.6 Å². The number of aromatic nitrogens is 2. The van der Waals surface area contributed by atoms with Gasteiger partial charge < -0.3 is 10.3 Å². The van der Waals surface area contributed by atoms with Gasteiger partial charge in [0.2, 0.25) is 5.89 Å². The van der Waals surface area contributed by atoms with Gasteiger partial charge in [0.25, 0.3) is 0 Å². The molecular weight excluding hydrogens is 180 g/mol. The Morgan fingerprint density at radius 3 is 2.93 bits per heavy atom. The number of hydrogen-bond donors (Lipinski definition) is 1. The molecule has 2 atom stereocenters. The largest absolute Gasteiger partial charge is 0.338 e. The fourth-order valence-electron chi connectivity index (χ4n) is 1.79. The van der Waals surface area contributed by atoms with Crippen molar-refractivity contribution in [1.29, 1.82) is 0 Å². The lowest BCUT2D eigenvalue weighted by molar-refractivity contribution is 0.244. The van der Waals surface area contributed by atoms with Crippen LogP contribution >= 0.6 is 0 Å². The van der Waals surface area contributed by atoms with Gasteiger partial charge in [-0.3, -0.25) is 4.90 Å². The molecule has 1 aromatic heterocycles. The smallest absolute Gasteiger partial charge is 0.244 e. The summed E-state index contributed by atoms with van der Waals surface area (Å²) in [7, 11) is 2.08. The van der Waals surface area contributed by atoms with Crippen LogP contribution in [0.15, 0.2) is 4.52 Å².